The van der Waals surface area contributed by atoms with E-state index in [0.29, 0.717) is 0 Å². The van der Waals surface area contributed by atoms with E-state index in [1.54, 1.807) is 0 Å². The lowest BCUT2D eigenvalue weighted by Gasteiger charge is -2.21. The highest BCUT2D eigenvalue weighted by atomic mass is 16.5. The largest absolute Gasteiger partial charge is 0.377 e. The van der Waals surface area contributed by atoms with Crippen molar-refractivity contribution in [2.75, 3.05) is 26.3 Å². The maximum atomic E-state index is 5.69. The minimum Gasteiger partial charge on any atom is -0.377 e. The Morgan fingerprint density at radius 2 is 2.07 bits per heavy atom. The molecule has 0 aromatic carbocycles. The van der Waals surface area contributed by atoms with Gasteiger partial charge in [-0.25, -0.2) is 0 Å². The molecule has 0 heterocycles. The molecule has 0 radical (unpaired) electrons. The van der Waals surface area contributed by atoms with Crippen LogP contribution in [0.25, 0.3) is 0 Å². The summed E-state index contributed by atoms with van der Waals surface area (Å²) in [5.74, 6) is 0.811. The third kappa shape index (κ3) is 5.95. The molecule has 88 valence electrons. The normalized spacial score (nSPS) is 17.9. The van der Waals surface area contributed by atoms with E-state index >= 15 is 0 Å². The lowest BCUT2D eigenvalue weighted by molar-refractivity contribution is 0.100. The van der Waals surface area contributed by atoms with E-state index < -0.39 is 0 Å². The Balaban J connectivity index is 1.97. The number of hydrogen-bond acceptors (Lipinski definition) is 2. The SMILES string of the molecule is C=C(CNCC)COCC1CCCCC1. The minimum absolute atomic E-state index is 0.726. The van der Waals surface area contributed by atoms with Crippen LogP contribution in [0.2, 0.25) is 0 Å². The van der Waals surface area contributed by atoms with Gasteiger partial charge in [-0.2, -0.15) is 0 Å². The third-order valence-electron chi connectivity index (χ3n) is 3.01. The van der Waals surface area contributed by atoms with Crippen LogP contribution < -0.4 is 5.32 Å². The van der Waals surface area contributed by atoms with Crippen molar-refractivity contribution in [1.29, 1.82) is 0 Å². The first-order valence-corrected chi connectivity index (χ1v) is 6.28. The average Bonchev–Trinajstić information content (AvgIpc) is 2.28. The first-order chi connectivity index (χ1) is 7.33. The maximum absolute atomic E-state index is 5.69. The van der Waals surface area contributed by atoms with E-state index in [4.69, 9.17) is 4.74 Å². The Morgan fingerprint density at radius 1 is 1.33 bits per heavy atom. The van der Waals surface area contributed by atoms with Crippen molar-refractivity contribution in [3.63, 3.8) is 0 Å². The summed E-state index contributed by atoms with van der Waals surface area (Å²) >= 11 is 0. The van der Waals surface area contributed by atoms with Gasteiger partial charge in [-0.05, 0) is 30.9 Å². The van der Waals surface area contributed by atoms with Crippen molar-refractivity contribution >= 4 is 0 Å². The second kappa shape index (κ2) is 7.89. The van der Waals surface area contributed by atoms with Crippen LogP contribution in [0.15, 0.2) is 12.2 Å². The van der Waals surface area contributed by atoms with Crippen LogP contribution in [-0.4, -0.2) is 26.3 Å². The Kier molecular flexibility index (Phi) is 6.69. The molecule has 1 aliphatic rings. The number of ether oxygens (including phenoxy) is 1. The minimum atomic E-state index is 0.726. The maximum Gasteiger partial charge on any atom is 0.0686 e. The van der Waals surface area contributed by atoms with Gasteiger partial charge in [0.05, 0.1) is 6.61 Å². The van der Waals surface area contributed by atoms with Crippen LogP contribution in [0, 0.1) is 5.92 Å². The smallest absolute Gasteiger partial charge is 0.0686 e. The Morgan fingerprint density at radius 3 is 2.73 bits per heavy atom. The van der Waals surface area contributed by atoms with Gasteiger partial charge in [0.2, 0.25) is 0 Å². The molecule has 15 heavy (non-hydrogen) atoms. The molecule has 0 aromatic rings. The van der Waals surface area contributed by atoms with E-state index in [1.807, 2.05) is 0 Å². The third-order valence-corrected chi connectivity index (χ3v) is 3.01. The lowest BCUT2D eigenvalue weighted by Crippen LogP contribution is -2.20. The molecular weight excluding hydrogens is 186 g/mol. The van der Waals surface area contributed by atoms with Crippen LogP contribution >= 0.6 is 0 Å². The molecule has 0 bridgehead atoms. The summed E-state index contributed by atoms with van der Waals surface area (Å²) < 4.78 is 5.69. The Labute approximate surface area is 94.1 Å². The van der Waals surface area contributed by atoms with Gasteiger partial charge < -0.3 is 10.1 Å². The summed E-state index contributed by atoms with van der Waals surface area (Å²) in [5, 5.41) is 3.26. The molecule has 1 N–H and O–H groups in total. The predicted octanol–water partition coefficient (Wildman–Crippen LogP) is 2.75. The zero-order valence-corrected chi connectivity index (χ0v) is 10.1. The van der Waals surface area contributed by atoms with E-state index in [2.05, 4.69) is 18.8 Å². The summed E-state index contributed by atoms with van der Waals surface area (Å²) in [6.45, 7) is 9.65. The number of hydrogen-bond donors (Lipinski definition) is 1. The number of likely N-dealkylation sites (N-methyl/N-ethyl adjacent to an activating group) is 1. The van der Waals surface area contributed by atoms with Crippen LogP contribution in [0.4, 0.5) is 0 Å². The van der Waals surface area contributed by atoms with Crippen molar-refractivity contribution < 1.29 is 4.74 Å². The molecule has 0 aliphatic heterocycles. The molecule has 2 nitrogen and oxygen atoms in total. The summed E-state index contributed by atoms with van der Waals surface area (Å²) in [7, 11) is 0. The highest BCUT2D eigenvalue weighted by molar-refractivity contribution is 4.96. The van der Waals surface area contributed by atoms with Gasteiger partial charge in [-0.3, -0.25) is 0 Å². The van der Waals surface area contributed by atoms with Crippen LogP contribution in [0.3, 0.4) is 0 Å². The highest BCUT2D eigenvalue weighted by Gasteiger charge is 2.13. The van der Waals surface area contributed by atoms with Crippen molar-refractivity contribution in [2.45, 2.75) is 39.0 Å². The molecule has 1 fully saturated rings. The van der Waals surface area contributed by atoms with E-state index in [0.717, 1.165) is 37.8 Å². The summed E-state index contributed by atoms with van der Waals surface area (Å²) in [4.78, 5) is 0. The fourth-order valence-electron chi connectivity index (χ4n) is 2.08. The van der Waals surface area contributed by atoms with E-state index in [9.17, 15) is 0 Å². The first-order valence-electron chi connectivity index (χ1n) is 6.28. The summed E-state index contributed by atoms with van der Waals surface area (Å²) in [6.07, 6.45) is 6.93. The van der Waals surface area contributed by atoms with Crippen LogP contribution in [0.1, 0.15) is 39.0 Å². The molecule has 0 unspecified atom stereocenters. The van der Waals surface area contributed by atoms with Gasteiger partial charge in [-0.1, -0.05) is 32.8 Å². The van der Waals surface area contributed by atoms with Gasteiger partial charge in [0, 0.05) is 13.2 Å². The zero-order valence-electron chi connectivity index (χ0n) is 10.1. The monoisotopic (exact) mass is 211 g/mol. The van der Waals surface area contributed by atoms with Crippen molar-refractivity contribution in [1.82, 2.24) is 5.32 Å². The van der Waals surface area contributed by atoms with E-state index in [-0.39, 0.29) is 0 Å². The number of rotatable bonds is 7. The number of nitrogens with one attached hydrogen (secondary N) is 1. The second-order valence-corrected chi connectivity index (χ2v) is 4.55. The zero-order chi connectivity index (χ0) is 10.9. The van der Waals surface area contributed by atoms with Crippen LogP contribution in [0.5, 0.6) is 0 Å². The molecule has 1 aliphatic carbocycles. The molecule has 0 spiro atoms. The molecular formula is C13H25NO. The molecule has 0 aromatic heterocycles. The Bertz CT molecular complexity index is 173. The van der Waals surface area contributed by atoms with E-state index in [1.165, 1.54) is 32.1 Å². The van der Waals surface area contributed by atoms with Gasteiger partial charge in [0.15, 0.2) is 0 Å². The summed E-state index contributed by atoms with van der Waals surface area (Å²) in [6, 6.07) is 0. The molecule has 1 rings (SSSR count). The molecule has 0 saturated heterocycles. The highest BCUT2D eigenvalue weighted by Crippen LogP contribution is 2.23. The molecule has 0 atom stereocenters. The van der Waals surface area contributed by atoms with Gasteiger partial charge >= 0.3 is 0 Å². The Hall–Kier alpha value is -0.340. The standard InChI is InChI=1S/C13H25NO/c1-3-14-9-12(2)10-15-11-13-7-5-4-6-8-13/h13-14H,2-11H2,1H3. The van der Waals surface area contributed by atoms with Gasteiger partial charge in [0.25, 0.3) is 0 Å². The predicted molar refractivity (Wildman–Crippen MR) is 65.1 cm³/mol. The fourth-order valence-corrected chi connectivity index (χ4v) is 2.08. The molecule has 2 heteroatoms. The topological polar surface area (TPSA) is 21.3 Å². The summed E-state index contributed by atoms with van der Waals surface area (Å²) in [5.41, 5.74) is 1.16. The molecule has 0 amide bonds. The fraction of sp³-hybridized carbons (Fsp3) is 0.846. The quantitative estimate of drug-likeness (QED) is 0.654. The van der Waals surface area contributed by atoms with Gasteiger partial charge in [-0.15, -0.1) is 0 Å². The van der Waals surface area contributed by atoms with Crippen molar-refractivity contribution in [3.05, 3.63) is 12.2 Å². The molecule has 1 saturated carbocycles. The van der Waals surface area contributed by atoms with Crippen molar-refractivity contribution in [2.24, 2.45) is 5.92 Å². The van der Waals surface area contributed by atoms with Gasteiger partial charge in [0.1, 0.15) is 0 Å². The van der Waals surface area contributed by atoms with Crippen molar-refractivity contribution in [3.8, 4) is 0 Å². The second-order valence-electron chi connectivity index (χ2n) is 4.55. The first kappa shape index (κ1) is 12.7. The lowest BCUT2D eigenvalue weighted by atomic mass is 9.90. The van der Waals surface area contributed by atoms with Crippen LogP contribution in [-0.2, 0) is 4.74 Å². The average molecular weight is 211 g/mol.